The molecule has 2 saturated heterocycles. The molecule has 0 aromatic carbocycles. The van der Waals surface area contributed by atoms with Crippen LogP contribution in [0.25, 0.3) is 0 Å². The minimum absolute atomic E-state index is 0.0933. The van der Waals surface area contributed by atoms with Gasteiger partial charge in [-0.15, -0.1) is 0 Å². The molecule has 1 aromatic rings. The zero-order chi connectivity index (χ0) is 14.3. The third-order valence-electron chi connectivity index (χ3n) is 4.10. The number of nitrogens with one attached hydrogen (secondary N) is 1. The van der Waals surface area contributed by atoms with Crippen molar-refractivity contribution >= 4 is 15.8 Å². The number of pyridine rings is 1. The average Bonchev–Trinajstić information content (AvgIpc) is 2.72. The smallest absolute Gasteiger partial charge is 0.247 e. The van der Waals surface area contributed by atoms with Crippen molar-refractivity contribution in [2.24, 2.45) is 5.84 Å². The van der Waals surface area contributed by atoms with Crippen LogP contribution in [0.2, 0.25) is 0 Å². The van der Waals surface area contributed by atoms with Gasteiger partial charge in [-0.3, -0.25) is 0 Å². The first kappa shape index (κ1) is 13.7. The second-order valence-electron chi connectivity index (χ2n) is 5.34. The van der Waals surface area contributed by atoms with Crippen molar-refractivity contribution in [3.05, 3.63) is 18.3 Å². The van der Waals surface area contributed by atoms with E-state index in [1.807, 2.05) is 0 Å². The lowest BCUT2D eigenvalue weighted by atomic mass is 10.0. The van der Waals surface area contributed by atoms with Gasteiger partial charge in [0.05, 0.1) is 6.10 Å². The van der Waals surface area contributed by atoms with Crippen molar-refractivity contribution in [3.63, 3.8) is 0 Å². The summed E-state index contributed by atoms with van der Waals surface area (Å²) < 4.78 is 27.2. The number of hydrogen-bond donors (Lipinski definition) is 3. The number of hydrazine groups is 1. The molecule has 0 amide bonds. The summed E-state index contributed by atoms with van der Waals surface area (Å²) in [5.74, 6) is 5.50. The SMILES string of the molecule is NNc1ncccc1S(=O)(=O)N1C2CCC1CC(O)C2. The van der Waals surface area contributed by atoms with E-state index in [9.17, 15) is 13.5 Å². The lowest BCUT2D eigenvalue weighted by Gasteiger charge is -2.36. The lowest BCUT2D eigenvalue weighted by Crippen LogP contribution is -2.48. The summed E-state index contributed by atoms with van der Waals surface area (Å²) in [5.41, 5.74) is 2.33. The maximum Gasteiger partial charge on any atom is 0.247 e. The Morgan fingerprint density at radius 3 is 2.60 bits per heavy atom. The number of aromatic nitrogens is 1. The summed E-state index contributed by atoms with van der Waals surface area (Å²) in [6, 6.07) is 2.83. The lowest BCUT2D eigenvalue weighted by molar-refractivity contribution is 0.0769. The van der Waals surface area contributed by atoms with Gasteiger partial charge in [-0.2, -0.15) is 4.31 Å². The summed E-state index contributed by atoms with van der Waals surface area (Å²) in [4.78, 5) is 4.05. The number of hydrogen-bond acceptors (Lipinski definition) is 6. The van der Waals surface area contributed by atoms with Crippen molar-refractivity contribution < 1.29 is 13.5 Å². The van der Waals surface area contributed by atoms with Crippen LogP contribution in [-0.2, 0) is 10.0 Å². The zero-order valence-corrected chi connectivity index (χ0v) is 11.8. The molecule has 7 nitrogen and oxygen atoms in total. The Kier molecular flexibility index (Phi) is 3.41. The molecular weight excluding hydrogens is 280 g/mol. The molecule has 8 heteroatoms. The number of aliphatic hydroxyl groups is 1. The molecule has 0 spiro atoms. The van der Waals surface area contributed by atoms with E-state index in [-0.39, 0.29) is 22.8 Å². The highest BCUT2D eigenvalue weighted by molar-refractivity contribution is 7.89. The standard InChI is InChI=1S/C12H18N4O3S/c13-15-12-11(2-1-5-14-12)20(18,19)16-8-3-4-9(16)7-10(17)6-8/h1-2,5,8-10,17H,3-4,6-7,13H2,(H,14,15). The first-order valence-corrected chi connectivity index (χ1v) is 8.11. The third kappa shape index (κ3) is 2.08. The summed E-state index contributed by atoms with van der Waals surface area (Å²) in [7, 11) is -3.65. The largest absolute Gasteiger partial charge is 0.393 e. The van der Waals surface area contributed by atoms with Gasteiger partial charge in [-0.05, 0) is 37.8 Å². The Morgan fingerprint density at radius 1 is 1.35 bits per heavy atom. The van der Waals surface area contributed by atoms with Gasteiger partial charge in [0.2, 0.25) is 10.0 Å². The molecule has 2 aliphatic heterocycles. The summed E-state index contributed by atoms with van der Waals surface area (Å²) in [5, 5.41) is 9.78. The Bertz CT molecular complexity index is 592. The van der Waals surface area contributed by atoms with Gasteiger partial charge in [-0.25, -0.2) is 19.2 Å². The van der Waals surface area contributed by atoms with Gasteiger partial charge < -0.3 is 10.5 Å². The maximum absolute atomic E-state index is 12.8. The molecule has 2 unspecified atom stereocenters. The quantitative estimate of drug-likeness (QED) is 0.537. The van der Waals surface area contributed by atoms with Crippen molar-refractivity contribution in [1.82, 2.24) is 9.29 Å². The van der Waals surface area contributed by atoms with E-state index in [2.05, 4.69) is 10.4 Å². The minimum atomic E-state index is -3.65. The van der Waals surface area contributed by atoms with Gasteiger partial charge in [0, 0.05) is 18.3 Å². The van der Waals surface area contributed by atoms with Crippen LogP contribution >= 0.6 is 0 Å². The number of sulfonamides is 1. The van der Waals surface area contributed by atoms with E-state index < -0.39 is 16.1 Å². The molecule has 110 valence electrons. The van der Waals surface area contributed by atoms with Crippen molar-refractivity contribution in [1.29, 1.82) is 0 Å². The number of nitrogens with zero attached hydrogens (tertiary/aromatic N) is 2. The van der Waals surface area contributed by atoms with Crippen LogP contribution in [0.3, 0.4) is 0 Å². The van der Waals surface area contributed by atoms with Crippen molar-refractivity contribution in [2.75, 3.05) is 5.43 Å². The molecule has 4 N–H and O–H groups in total. The molecule has 2 fully saturated rings. The van der Waals surface area contributed by atoms with Crippen molar-refractivity contribution in [3.8, 4) is 0 Å². The monoisotopic (exact) mass is 298 g/mol. The fraction of sp³-hybridized carbons (Fsp3) is 0.583. The number of anilines is 1. The van der Waals surface area contributed by atoms with Crippen LogP contribution in [0, 0.1) is 0 Å². The van der Waals surface area contributed by atoms with Gasteiger partial charge in [0.25, 0.3) is 0 Å². The van der Waals surface area contributed by atoms with E-state index in [1.54, 1.807) is 6.07 Å². The Morgan fingerprint density at radius 2 is 2.00 bits per heavy atom. The molecular formula is C12H18N4O3S. The van der Waals surface area contributed by atoms with Gasteiger partial charge >= 0.3 is 0 Å². The highest BCUT2D eigenvalue weighted by atomic mass is 32.2. The number of nitrogen functional groups attached to an aromatic ring is 1. The molecule has 0 aliphatic carbocycles. The summed E-state index contributed by atoms with van der Waals surface area (Å²) >= 11 is 0. The topological polar surface area (TPSA) is 109 Å². The summed E-state index contributed by atoms with van der Waals surface area (Å²) in [6.07, 6.45) is 3.69. The zero-order valence-electron chi connectivity index (χ0n) is 10.9. The molecule has 20 heavy (non-hydrogen) atoms. The predicted octanol–water partition coefficient (Wildman–Crippen LogP) is 0.0436. The third-order valence-corrected chi connectivity index (χ3v) is 6.14. The molecule has 2 atom stereocenters. The number of nitrogens with two attached hydrogens (primary N) is 1. The first-order chi connectivity index (χ1) is 9.54. The second-order valence-corrected chi connectivity index (χ2v) is 7.15. The number of piperidine rings is 1. The first-order valence-electron chi connectivity index (χ1n) is 6.67. The fourth-order valence-electron chi connectivity index (χ4n) is 3.32. The van der Waals surface area contributed by atoms with Crippen LogP contribution in [-0.4, -0.2) is 41.0 Å². The Hall–Kier alpha value is -1.22. The molecule has 1 aromatic heterocycles. The van der Waals surface area contributed by atoms with Crippen LogP contribution in [0.15, 0.2) is 23.2 Å². The summed E-state index contributed by atoms with van der Waals surface area (Å²) in [6.45, 7) is 0. The average molecular weight is 298 g/mol. The van der Waals surface area contributed by atoms with Crippen LogP contribution < -0.4 is 11.3 Å². The van der Waals surface area contributed by atoms with E-state index >= 15 is 0 Å². The Labute approximate surface area is 117 Å². The number of aliphatic hydroxyl groups excluding tert-OH is 1. The van der Waals surface area contributed by atoms with Gasteiger partial charge in [0.15, 0.2) is 5.82 Å². The molecule has 2 aliphatic rings. The predicted molar refractivity (Wildman–Crippen MR) is 73.1 cm³/mol. The van der Waals surface area contributed by atoms with E-state index in [0.29, 0.717) is 12.8 Å². The molecule has 0 saturated carbocycles. The molecule has 3 rings (SSSR count). The van der Waals surface area contributed by atoms with Crippen LogP contribution in [0.5, 0.6) is 0 Å². The van der Waals surface area contributed by atoms with E-state index in [4.69, 9.17) is 5.84 Å². The van der Waals surface area contributed by atoms with Gasteiger partial charge in [0.1, 0.15) is 4.90 Å². The van der Waals surface area contributed by atoms with Crippen LogP contribution in [0.4, 0.5) is 5.82 Å². The molecule has 2 bridgehead atoms. The van der Waals surface area contributed by atoms with Crippen LogP contribution in [0.1, 0.15) is 25.7 Å². The van der Waals surface area contributed by atoms with Gasteiger partial charge in [-0.1, -0.05) is 0 Å². The second kappa shape index (κ2) is 4.96. The molecule has 0 radical (unpaired) electrons. The fourth-order valence-corrected chi connectivity index (χ4v) is 5.32. The Balaban J connectivity index is 2.01. The number of fused-ring (bicyclic) bond motifs is 2. The normalized spacial score (nSPS) is 30.4. The number of rotatable bonds is 3. The van der Waals surface area contributed by atoms with Crippen molar-refractivity contribution in [2.45, 2.75) is 48.8 Å². The highest BCUT2D eigenvalue weighted by Crippen LogP contribution is 2.40. The minimum Gasteiger partial charge on any atom is -0.393 e. The van der Waals surface area contributed by atoms with E-state index in [1.165, 1.54) is 16.6 Å². The van der Waals surface area contributed by atoms with E-state index in [0.717, 1.165) is 12.8 Å². The molecule has 3 heterocycles. The highest BCUT2D eigenvalue weighted by Gasteiger charge is 2.47. The maximum atomic E-state index is 12.8.